The maximum absolute atomic E-state index is 12.9. The number of rotatable bonds is 2. The van der Waals surface area contributed by atoms with Gasteiger partial charge in [0.2, 0.25) is 5.91 Å². The zero-order valence-electron chi connectivity index (χ0n) is 14.8. The Kier molecular flexibility index (Phi) is 4.01. The van der Waals surface area contributed by atoms with E-state index in [0.29, 0.717) is 0 Å². The van der Waals surface area contributed by atoms with Crippen molar-refractivity contribution in [3.05, 3.63) is 22.9 Å². The normalized spacial score (nSPS) is 27.8. The van der Waals surface area contributed by atoms with Gasteiger partial charge in [-0.05, 0) is 46.6 Å². The van der Waals surface area contributed by atoms with Crippen molar-refractivity contribution in [2.45, 2.75) is 66.0 Å². The number of amides is 1. The Labute approximate surface area is 133 Å². The molecular weight excluding hydrogens is 276 g/mol. The van der Waals surface area contributed by atoms with E-state index in [1.165, 1.54) is 6.92 Å². The standard InChI is InChI=1S/C18H28N2O2/c1-10-14(18(6,7)20-12(3)21)8-13-9-17(4,5)19-11(2)15(13)16(10)22/h8,10,14,19H,9H2,1-7H3,(H,20,21). The van der Waals surface area contributed by atoms with E-state index in [4.69, 9.17) is 0 Å². The van der Waals surface area contributed by atoms with Gasteiger partial charge < -0.3 is 10.6 Å². The van der Waals surface area contributed by atoms with E-state index in [0.717, 1.165) is 23.3 Å². The zero-order chi connectivity index (χ0) is 16.9. The van der Waals surface area contributed by atoms with Crippen LogP contribution >= 0.6 is 0 Å². The number of fused-ring (bicyclic) bond motifs is 1. The molecule has 22 heavy (non-hydrogen) atoms. The van der Waals surface area contributed by atoms with Crippen molar-refractivity contribution < 1.29 is 9.59 Å². The van der Waals surface area contributed by atoms with Crippen LogP contribution in [0.5, 0.6) is 0 Å². The van der Waals surface area contributed by atoms with Crippen molar-refractivity contribution >= 4 is 11.7 Å². The number of carbonyl (C=O) groups is 2. The summed E-state index contributed by atoms with van der Waals surface area (Å²) >= 11 is 0. The number of allylic oxidation sites excluding steroid dienone is 2. The molecule has 2 N–H and O–H groups in total. The van der Waals surface area contributed by atoms with E-state index in [1.54, 1.807) is 0 Å². The van der Waals surface area contributed by atoms with Crippen molar-refractivity contribution in [2.24, 2.45) is 11.8 Å². The first kappa shape index (κ1) is 16.8. The predicted molar refractivity (Wildman–Crippen MR) is 88.2 cm³/mol. The summed E-state index contributed by atoms with van der Waals surface area (Å²) < 4.78 is 0. The number of hydrogen-bond donors (Lipinski definition) is 2. The second-order valence-corrected chi connectivity index (χ2v) is 7.96. The molecule has 1 aliphatic carbocycles. The first-order chi connectivity index (χ1) is 9.94. The lowest BCUT2D eigenvalue weighted by Gasteiger charge is -2.44. The van der Waals surface area contributed by atoms with Crippen LogP contribution < -0.4 is 10.6 Å². The van der Waals surface area contributed by atoms with Crippen LogP contribution in [0.4, 0.5) is 0 Å². The largest absolute Gasteiger partial charge is 0.383 e. The molecule has 1 aliphatic heterocycles. The number of carbonyl (C=O) groups excluding carboxylic acids is 2. The third-order valence-corrected chi connectivity index (χ3v) is 4.77. The van der Waals surface area contributed by atoms with Gasteiger partial charge in [0.15, 0.2) is 5.78 Å². The summed E-state index contributed by atoms with van der Waals surface area (Å²) in [6, 6.07) is 0. The van der Waals surface area contributed by atoms with Crippen LogP contribution in [0.25, 0.3) is 0 Å². The lowest BCUT2D eigenvalue weighted by atomic mass is 9.67. The molecule has 2 aliphatic rings. The molecule has 0 bridgehead atoms. The van der Waals surface area contributed by atoms with Gasteiger partial charge in [0.05, 0.1) is 0 Å². The molecule has 0 aromatic heterocycles. The molecule has 1 amide bonds. The van der Waals surface area contributed by atoms with Crippen LogP contribution in [0.15, 0.2) is 22.9 Å². The SMILES string of the molecule is CC(=O)NC(C)(C)C1C=C2CC(C)(C)NC(C)=C2C(=O)C1C. The summed E-state index contributed by atoms with van der Waals surface area (Å²) in [6.45, 7) is 13.7. The highest BCUT2D eigenvalue weighted by Crippen LogP contribution is 2.41. The Hall–Kier alpha value is -1.58. The average molecular weight is 304 g/mol. The van der Waals surface area contributed by atoms with Gasteiger partial charge in [-0.25, -0.2) is 0 Å². The third-order valence-electron chi connectivity index (χ3n) is 4.77. The van der Waals surface area contributed by atoms with Gasteiger partial charge >= 0.3 is 0 Å². The first-order valence-electron chi connectivity index (χ1n) is 7.98. The van der Waals surface area contributed by atoms with Crippen LogP contribution in [0.2, 0.25) is 0 Å². The predicted octanol–water partition coefficient (Wildman–Crippen LogP) is 2.71. The van der Waals surface area contributed by atoms with E-state index in [2.05, 4.69) is 30.6 Å². The Morgan fingerprint density at radius 2 is 2.00 bits per heavy atom. The van der Waals surface area contributed by atoms with Crippen LogP contribution in [-0.4, -0.2) is 22.8 Å². The van der Waals surface area contributed by atoms with Gasteiger partial charge in [0.25, 0.3) is 0 Å². The monoisotopic (exact) mass is 304 g/mol. The van der Waals surface area contributed by atoms with Gasteiger partial charge in [-0.1, -0.05) is 13.0 Å². The summed E-state index contributed by atoms with van der Waals surface area (Å²) in [5, 5.41) is 6.44. The minimum Gasteiger partial charge on any atom is -0.383 e. The summed E-state index contributed by atoms with van der Waals surface area (Å²) in [4.78, 5) is 24.4. The highest BCUT2D eigenvalue weighted by Gasteiger charge is 2.43. The van der Waals surface area contributed by atoms with Gasteiger partial charge in [0.1, 0.15) is 0 Å². The average Bonchev–Trinajstić information content (AvgIpc) is 2.29. The number of ketones is 1. The van der Waals surface area contributed by atoms with Crippen molar-refractivity contribution in [1.29, 1.82) is 0 Å². The second-order valence-electron chi connectivity index (χ2n) is 7.96. The molecule has 0 saturated heterocycles. The van der Waals surface area contributed by atoms with Gasteiger partial charge in [-0.3, -0.25) is 9.59 Å². The Morgan fingerprint density at radius 1 is 1.41 bits per heavy atom. The summed E-state index contributed by atoms with van der Waals surface area (Å²) in [7, 11) is 0. The van der Waals surface area contributed by atoms with Crippen molar-refractivity contribution in [3.63, 3.8) is 0 Å². The smallest absolute Gasteiger partial charge is 0.217 e. The molecule has 0 fully saturated rings. The molecule has 2 atom stereocenters. The van der Waals surface area contributed by atoms with Crippen molar-refractivity contribution in [2.75, 3.05) is 0 Å². The molecule has 0 saturated carbocycles. The lowest BCUT2D eigenvalue weighted by molar-refractivity contribution is -0.124. The van der Waals surface area contributed by atoms with Crippen molar-refractivity contribution in [3.8, 4) is 0 Å². The van der Waals surface area contributed by atoms with E-state index < -0.39 is 5.54 Å². The van der Waals surface area contributed by atoms with E-state index in [9.17, 15) is 9.59 Å². The van der Waals surface area contributed by atoms with Crippen LogP contribution in [0.3, 0.4) is 0 Å². The first-order valence-corrected chi connectivity index (χ1v) is 7.98. The molecule has 0 aromatic carbocycles. The summed E-state index contributed by atoms with van der Waals surface area (Å²) in [6.07, 6.45) is 3.04. The summed E-state index contributed by atoms with van der Waals surface area (Å²) in [5.41, 5.74) is 2.44. The molecule has 0 spiro atoms. The number of nitrogens with one attached hydrogen (secondary N) is 2. The molecule has 2 unspecified atom stereocenters. The van der Waals surface area contributed by atoms with Crippen LogP contribution in [0.1, 0.15) is 54.9 Å². The maximum Gasteiger partial charge on any atom is 0.217 e. The van der Waals surface area contributed by atoms with Gasteiger partial charge in [-0.2, -0.15) is 0 Å². The van der Waals surface area contributed by atoms with E-state index in [1.807, 2.05) is 27.7 Å². The highest BCUT2D eigenvalue weighted by molar-refractivity contribution is 6.03. The second kappa shape index (κ2) is 5.25. The number of hydrogen-bond acceptors (Lipinski definition) is 3. The minimum absolute atomic E-state index is 0.00403. The Bertz CT molecular complexity index is 582. The molecular formula is C18H28N2O2. The Morgan fingerprint density at radius 3 is 2.55 bits per heavy atom. The molecule has 4 heteroatoms. The molecule has 2 rings (SSSR count). The van der Waals surface area contributed by atoms with Crippen LogP contribution in [-0.2, 0) is 9.59 Å². The maximum atomic E-state index is 12.9. The molecule has 122 valence electrons. The van der Waals surface area contributed by atoms with Gasteiger partial charge in [0, 0.05) is 41.1 Å². The summed E-state index contributed by atoms with van der Waals surface area (Å²) in [5.74, 6) is -0.0180. The number of Topliss-reactive ketones (excluding diaryl/α,β-unsaturated/α-hetero) is 1. The molecule has 0 aromatic rings. The molecule has 4 nitrogen and oxygen atoms in total. The lowest BCUT2D eigenvalue weighted by Crippen LogP contribution is -2.53. The molecule has 1 heterocycles. The highest BCUT2D eigenvalue weighted by atomic mass is 16.1. The third kappa shape index (κ3) is 2.96. The van der Waals surface area contributed by atoms with Crippen LogP contribution in [0, 0.1) is 11.8 Å². The van der Waals surface area contributed by atoms with Crippen molar-refractivity contribution in [1.82, 2.24) is 10.6 Å². The van der Waals surface area contributed by atoms with E-state index >= 15 is 0 Å². The fraction of sp³-hybridized carbons (Fsp3) is 0.667. The minimum atomic E-state index is -0.442. The van der Waals surface area contributed by atoms with Gasteiger partial charge in [-0.15, -0.1) is 0 Å². The topological polar surface area (TPSA) is 58.2 Å². The fourth-order valence-electron chi connectivity index (χ4n) is 4.03. The molecule has 0 radical (unpaired) electrons. The quantitative estimate of drug-likeness (QED) is 0.824. The van der Waals surface area contributed by atoms with E-state index in [-0.39, 0.29) is 29.1 Å². The fourth-order valence-corrected chi connectivity index (χ4v) is 4.03. The Balaban J connectivity index is 2.49. The zero-order valence-corrected chi connectivity index (χ0v) is 14.8.